The Labute approximate surface area is 86.7 Å². The molecular formula is C10H12N2OS. The topological polar surface area (TPSA) is 38.0 Å². The average Bonchev–Trinajstić information content (AvgIpc) is 2.76. The number of aromatic nitrogens is 2. The summed E-state index contributed by atoms with van der Waals surface area (Å²) < 4.78 is 2.01. The largest absolute Gasteiger partial charge is 0.390 e. The van der Waals surface area contributed by atoms with E-state index in [0.717, 1.165) is 22.9 Å². The van der Waals surface area contributed by atoms with Gasteiger partial charge in [0.2, 0.25) is 0 Å². The first-order valence-electron chi connectivity index (χ1n) is 4.45. The smallest absolute Gasteiger partial charge is 0.0898 e. The van der Waals surface area contributed by atoms with Crippen molar-refractivity contribution < 1.29 is 5.11 Å². The van der Waals surface area contributed by atoms with Crippen LogP contribution in [-0.4, -0.2) is 14.7 Å². The molecule has 2 aromatic heterocycles. The van der Waals surface area contributed by atoms with E-state index in [1.165, 1.54) is 0 Å². The number of nitrogens with zero attached hydrogens (tertiary/aromatic N) is 2. The Balaban J connectivity index is 2.18. The quantitative estimate of drug-likeness (QED) is 0.835. The molecule has 0 saturated carbocycles. The number of thiazole rings is 1. The lowest BCUT2D eigenvalue weighted by Gasteiger charge is -2.04. The summed E-state index contributed by atoms with van der Waals surface area (Å²) in [5, 5.41) is 12.2. The fourth-order valence-corrected chi connectivity index (χ4v) is 2.01. The zero-order valence-corrected chi connectivity index (χ0v) is 8.79. The van der Waals surface area contributed by atoms with Crippen LogP contribution in [0.4, 0.5) is 0 Å². The summed E-state index contributed by atoms with van der Waals surface area (Å²) in [7, 11) is 0. The first-order valence-corrected chi connectivity index (χ1v) is 5.33. The van der Waals surface area contributed by atoms with E-state index in [2.05, 4.69) is 10.4 Å². The minimum atomic E-state index is 0.0795. The molecule has 0 bridgehead atoms. The van der Waals surface area contributed by atoms with Crippen LogP contribution in [0.5, 0.6) is 0 Å². The molecule has 0 aliphatic heterocycles. The zero-order valence-electron chi connectivity index (χ0n) is 7.97. The van der Waals surface area contributed by atoms with Crippen molar-refractivity contribution in [3.63, 3.8) is 0 Å². The summed E-state index contributed by atoms with van der Waals surface area (Å²) in [6.07, 6.45) is 1.96. The Bertz CT molecular complexity index is 419. The molecule has 0 fully saturated rings. The number of hydrogen-bond donors (Lipinski definition) is 1. The number of aryl methyl sites for hydroxylation is 1. The van der Waals surface area contributed by atoms with Crippen molar-refractivity contribution in [1.82, 2.24) is 9.55 Å². The summed E-state index contributed by atoms with van der Waals surface area (Å²) in [6, 6.07) is 3.85. The fourth-order valence-electron chi connectivity index (χ4n) is 1.40. The van der Waals surface area contributed by atoms with E-state index in [4.69, 9.17) is 5.11 Å². The van der Waals surface area contributed by atoms with Gasteiger partial charge in [-0.2, -0.15) is 0 Å². The van der Waals surface area contributed by atoms with Gasteiger partial charge in [0, 0.05) is 17.3 Å². The van der Waals surface area contributed by atoms with Gasteiger partial charge in [-0.3, -0.25) is 0 Å². The van der Waals surface area contributed by atoms with Gasteiger partial charge >= 0.3 is 0 Å². The van der Waals surface area contributed by atoms with Gasteiger partial charge in [-0.05, 0) is 19.1 Å². The molecule has 14 heavy (non-hydrogen) atoms. The molecule has 0 spiro atoms. The second kappa shape index (κ2) is 3.94. The van der Waals surface area contributed by atoms with Gasteiger partial charge in [-0.1, -0.05) is 0 Å². The molecular weight excluding hydrogens is 196 g/mol. The molecule has 74 valence electrons. The normalized spacial score (nSPS) is 10.7. The molecule has 0 atom stereocenters. The molecule has 2 heterocycles. The standard InChI is InChI=1S/C10H12N2OS/c1-8-11-9(7-14-8)5-12-4-2-3-10(12)6-13/h2-4,7,13H,5-6H2,1H3. The Kier molecular flexibility index (Phi) is 2.65. The second-order valence-electron chi connectivity index (χ2n) is 3.14. The molecule has 0 unspecified atom stereocenters. The van der Waals surface area contributed by atoms with Crippen molar-refractivity contribution in [3.8, 4) is 0 Å². The maximum atomic E-state index is 9.05. The lowest BCUT2D eigenvalue weighted by Crippen LogP contribution is -2.03. The average molecular weight is 208 g/mol. The summed E-state index contributed by atoms with van der Waals surface area (Å²) in [5.74, 6) is 0. The van der Waals surface area contributed by atoms with Crippen LogP contribution in [0.2, 0.25) is 0 Å². The van der Waals surface area contributed by atoms with Crippen LogP contribution in [0.15, 0.2) is 23.7 Å². The predicted molar refractivity (Wildman–Crippen MR) is 56.3 cm³/mol. The predicted octanol–water partition coefficient (Wildman–Crippen LogP) is 1.79. The number of aliphatic hydroxyl groups is 1. The summed E-state index contributed by atoms with van der Waals surface area (Å²) in [5.41, 5.74) is 1.98. The van der Waals surface area contributed by atoms with Crippen molar-refractivity contribution in [2.45, 2.75) is 20.1 Å². The van der Waals surface area contributed by atoms with Gasteiger partial charge < -0.3 is 9.67 Å². The maximum Gasteiger partial charge on any atom is 0.0898 e. The van der Waals surface area contributed by atoms with Crippen LogP contribution in [-0.2, 0) is 13.2 Å². The lowest BCUT2D eigenvalue weighted by molar-refractivity contribution is 0.271. The lowest BCUT2D eigenvalue weighted by atomic mass is 10.4. The van der Waals surface area contributed by atoms with Crippen molar-refractivity contribution in [2.24, 2.45) is 0 Å². The second-order valence-corrected chi connectivity index (χ2v) is 4.21. The third-order valence-corrected chi connectivity index (χ3v) is 2.91. The van der Waals surface area contributed by atoms with Crippen LogP contribution >= 0.6 is 11.3 Å². The summed E-state index contributed by atoms with van der Waals surface area (Å²) >= 11 is 1.65. The van der Waals surface area contributed by atoms with Crippen LogP contribution < -0.4 is 0 Å². The van der Waals surface area contributed by atoms with Crippen molar-refractivity contribution in [3.05, 3.63) is 40.1 Å². The first kappa shape index (κ1) is 9.43. The van der Waals surface area contributed by atoms with E-state index in [1.807, 2.05) is 29.8 Å². The third-order valence-electron chi connectivity index (χ3n) is 2.08. The monoisotopic (exact) mass is 208 g/mol. The zero-order chi connectivity index (χ0) is 9.97. The molecule has 0 radical (unpaired) electrons. The molecule has 0 aromatic carbocycles. The Hall–Kier alpha value is -1.13. The fraction of sp³-hybridized carbons (Fsp3) is 0.300. The molecule has 0 saturated heterocycles. The minimum absolute atomic E-state index is 0.0795. The molecule has 0 aliphatic carbocycles. The van der Waals surface area contributed by atoms with Crippen LogP contribution in [0.1, 0.15) is 16.4 Å². The molecule has 3 nitrogen and oxygen atoms in total. The SMILES string of the molecule is Cc1nc(Cn2cccc2CO)cs1. The van der Waals surface area contributed by atoms with E-state index >= 15 is 0 Å². The van der Waals surface area contributed by atoms with Crippen molar-refractivity contribution in [2.75, 3.05) is 0 Å². The van der Waals surface area contributed by atoms with E-state index in [-0.39, 0.29) is 6.61 Å². The first-order chi connectivity index (χ1) is 6.79. The highest BCUT2D eigenvalue weighted by atomic mass is 32.1. The van der Waals surface area contributed by atoms with Gasteiger partial charge in [-0.15, -0.1) is 11.3 Å². The van der Waals surface area contributed by atoms with Gasteiger partial charge in [-0.25, -0.2) is 4.98 Å². The highest BCUT2D eigenvalue weighted by molar-refractivity contribution is 7.09. The van der Waals surface area contributed by atoms with Gasteiger partial charge in [0.15, 0.2) is 0 Å². The van der Waals surface area contributed by atoms with Crippen LogP contribution in [0.25, 0.3) is 0 Å². The number of aliphatic hydroxyl groups excluding tert-OH is 1. The van der Waals surface area contributed by atoms with Crippen LogP contribution in [0.3, 0.4) is 0 Å². The number of rotatable bonds is 3. The molecule has 0 amide bonds. The van der Waals surface area contributed by atoms with Gasteiger partial charge in [0.05, 0.1) is 23.9 Å². The summed E-state index contributed by atoms with van der Waals surface area (Å²) in [4.78, 5) is 4.38. The Morgan fingerprint density at radius 3 is 3.07 bits per heavy atom. The van der Waals surface area contributed by atoms with Crippen molar-refractivity contribution >= 4 is 11.3 Å². The molecule has 2 rings (SSSR count). The number of hydrogen-bond acceptors (Lipinski definition) is 3. The Morgan fingerprint density at radius 2 is 2.43 bits per heavy atom. The van der Waals surface area contributed by atoms with Crippen LogP contribution in [0, 0.1) is 6.92 Å². The van der Waals surface area contributed by atoms with E-state index < -0.39 is 0 Å². The summed E-state index contributed by atoms with van der Waals surface area (Å²) in [6.45, 7) is 2.82. The van der Waals surface area contributed by atoms with Gasteiger partial charge in [0.25, 0.3) is 0 Å². The Morgan fingerprint density at radius 1 is 1.57 bits per heavy atom. The molecule has 0 aliphatic rings. The molecule has 1 N–H and O–H groups in total. The van der Waals surface area contributed by atoms with E-state index in [0.29, 0.717) is 0 Å². The highest BCUT2D eigenvalue weighted by Gasteiger charge is 2.02. The van der Waals surface area contributed by atoms with Crippen molar-refractivity contribution in [1.29, 1.82) is 0 Å². The van der Waals surface area contributed by atoms with E-state index in [1.54, 1.807) is 11.3 Å². The maximum absolute atomic E-state index is 9.05. The van der Waals surface area contributed by atoms with Gasteiger partial charge in [0.1, 0.15) is 0 Å². The molecule has 2 aromatic rings. The molecule has 4 heteroatoms. The minimum Gasteiger partial charge on any atom is -0.390 e. The third kappa shape index (κ3) is 1.86. The van der Waals surface area contributed by atoms with E-state index in [9.17, 15) is 0 Å². The highest BCUT2D eigenvalue weighted by Crippen LogP contribution is 2.11.